The van der Waals surface area contributed by atoms with E-state index in [1.807, 2.05) is 36.4 Å². The van der Waals surface area contributed by atoms with E-state index >= 15 is 0 Å². The van der Waals surface area contributed by atoms with E-state index in [2.05, 4.69) is 25.8 Å². The van der Waals surface area contributed by atoms with Gasteiger partial charge in [0.25, 0.3) is 0 Å². The zero-order chi connectivity index (χ0) is 24.7. The Kier molecular flexibility index (Phi) is 6.28. The van der Waals surface area contributed by atoms with Crippen LogP contribution in [0.3, 0.4) is 0 Å². The Balaban J connectivity index is 1.43. The summed E-state index contributed by atoms with van der Waals surface area (Å²) < 4.78 is 47.1. The first-order chi connectivity index (χ1) is 16.6. The Morgan fingerprint density at radius 3 is 2.46 bits per heavy atom. The van der Waals surface area contributed by atoms with Gasteiger partial charge in [0.05, 0.1) is 18.1 Å². The zero-order valence-corrected chi connectivity index (χ0v) is 21.5. The highest BCUT2D eigenvalue weighted by Gasteiger charge is 2.52. The molecule has 0 radical (unpaired) electrons. The lowest BCUT2D eigenvalue weighted by Gasteiger charge is -2.49. The summed E-state index contributed by atoms with van der Waals surface area (Å²) >= 11 is 0. The van der Waals surface area contributed by atoms with Crippen LogP contribution < -0.4 is 4.74 Å². The van der Waals surface area contributed by atoms with Crippen molar-refractivity contribution in [2.45, 2.75) is 56.1 Å². The molecular formula is C27H34N2O5S. The van der Waals surface area contributed by atoms with Gasteiger partial charge in [0.1, 0.15) is 6.61 Å². The van der Waals surface area contributed by atoms with Crippen LogP contribution in [0.4, 0.5) is 0 Å². The summed E-state index contributed by atoms with van der Waals surface area (Å²) in [5, 5.41) is 0. The highest BCUT2D eigenvalue weighted by atomic mass is 32.2. The van der Waals surface area contributed by atoms with E-state index in [0.29, 0.717) is 62.9 Å². The lowest BCUT2D eigenvalue weighted by molar-refractivity contribution is -0.180. The molecule has 1 saturated heterocycles. The third-order valence-corrected chi connectivity index (χ3v) is 9.28. The van der Waals surface area contributed by atoms with Gasteiger partial charge >= 0.3 is 0 Å². The lowest BCUT2D eigenvalue weighted by Crippen LogP contribution is -2.53. The van der Waals surface area contributed by atoms with Gasteiger partial charge in [-0.3, -0.25) is 0 Å². The number of sulfonamides is 1. The molecule has 3 aliphatic rings. The average molecular weight is 499 g/mol. The maximum atomic E-state index is 13.7. The second-order valence-electron chi connectivity index (χ2n) is 10.8. The molecule has 0 amide bonds. The van der Waals surface area contributed by atoms with Gasteiger partial charge in [-0.15, -0.1) is 0 Å². The summed E-state index contributed by atoms with van der Waals surface area (Å²) in [5.41, 5.74) is 1.75. The molecule has 1 unspecified atom stereocenters. The summed E-state index contributed by atoms with van der Waals surface area (Å²) in [7, 11) is -3.67. The zero-order valence-electron chi connectivity index (χ0n) is 20.7. The van der Waals surface area contributed by atoms with Crippen molar-refractivity contribution < 1.29 is 22.6 Å². The van der Waals surface area contributed by atoms with Crippen molar-refractivity contribution in [3.05, 3.63) is 65.9 Å². The van der Waals surface area contributed by atoms with Crippen molar-refractivity contribution in [3.8, 4) is 5.88 Å². The van der Waals surface area contributed by atoms with Gasteiger partial charge in [-0.25, -0.2) is 13.4 Å². The molecule has 2 fully saturated rings. The average Bonchev–Trinajstić information content (AvgIpc) is 3.31. The molecule has 2 aliphatic heterocycles. The Hall–Kier alpha value is -2.26. The number of aromatic nitrogens is 1. The first kappa shape index (κ1) is 24.4. The number of fused-ring (bicyclic) bond motifs is 1. The molecule has 1 saturated carbocycles. The summed E-state index contributed by atoms with van der Waals surface area (Å²) in [6.07, 6.45) is 5.77. The van der Waals surface area contributed by atoms with Gasteiger partial charge < -0.3 is 14.2 Å². The Labute approximate surface area is 208 Å². The van der Waals surface area contributed by atoms with Crippen LogP contribution in [0.5, 0.6) is 5.88 Å². The van der Waals surface area contributed by atoms with Crippen molar-refractivity contribution in [2.75, 3.05) is 32.9 Å². The number of benzene rings is 1. The van der Waals surface area contributed by atoms with E-state index in [4.69, 9.17) is 14.2 Å². The minimum atomic E-state index is -3.67. The first-order valence-corrected chi connectivity index (χ1v) is 13.7. The summed E-state index contributed by atoms with van der Waals surface area (Å²) in [6.45, 7) is 8.56. The quantitative estimate of drug-likeness (QED) is 0.572. The highest BCUT2D eigenvalue weighted by molar-refractivity contribution is 7.89. The molecule has 1 atom stereocenters. The van der Waals surface area contributed by atoms with Gasteiger partial charge in [-0.05, 0) is 35.6 Å². The summed E-state index contributed by atoms with van der Waals surface area (Å²) in [4.78, 5) is 4.61. The van der Waals surface area contributed by atoms with E-state index in [1.54, 1.807) is 22.6 Å². The van der Waals surface area contributed by atoms with E-state index in [1.165, 1.54) is 0 Å². The predicted molar refractivity (Wildman–Crippen MR) is 133 cm³/mol. The number of hydrogen-bond donors (Lipinski definition) is 0. The Morgan fingerprint density at radius 1 is 1.06 bits per heavy atom. The molecule has 1 aromatic heterocycles. The number of nitrogens with zero attached hydrogens (tertiary/aromatic N) is 2. The van der Waals surface area contributed by atoms with Gasteiger partial charge in [-0.1, -0.05) is 50.6 Å². The molecule has 1 aliphatic carbocycles. The van der Waals surface area contributed by atoms with E-state index in [-0.39, 0.29) is 5.41 Å². The minimum Gasteiger partial charge on any atom is -0.477 e. The first-order valence-electron chi connectivity index (χ1n) is 12.2. The molecule has 8 heteroatoms. The standard InChI is InChI=1S/C27H34N2O5S/c1-25(2,3)21-7-9-23(10-8-21)35(30,31)29-15-11-22-18-27(33-16-17-34-27)13-12-26(22,19-29)20-32-24-6-4-5-14-28-24/h4-11,14H,12-13,15-20H2,1-3H3. The second-order valence-corrected chi connectivity index (χ2v) is 12.8. The minimum absolute atomic E-state index is 0.0413. The Morgan fingerprint density at radius 2 is 1.80 bits per heavy atom. The second kappa shape index (κ2) is 9.00. The van der Waals surface area contributed by atoms with Gasteiger partial charge in [0.15, 0.2) is 5.79 Å². The van der Waals surface area contributed by atoms with Crippen LogP contribution in [0, 0.1) is 5.41 Å². The molecule has 7 nitrogen and oxygen atoms in total. The molecular weight excluding hydrogens is 464 g/mol. The van der Waals surface area contributed by atoms with Crippen molar-refractivity contribution in [1.29, 1.82) is 0 Å². The monoisotopic (exact) mass is 498 g/mol. The van der Waals surface area contributed by atoms with Crippen molar-refractivity contribution in [3.63, 3.8) is 0 Å². The van der Waals surface area contributed by atoms with E-state index < -0.39 is 21.2 Å². The molecule has 3 heterocycles. The predicted octanol–water partition coefficient (Wildman–Crippen LogP) is 4.30. The number of rotatable bonds is 5. The van der Waals surface area contributed by atoms with E-state index in [0.717, 1.165) is 11.1 Å². The molecule has 35 heavy (non-hydrogen) atoms. The molecule has 5 rings (SSSR count). The van der Waals surface area contributed by atoms with Crippen molar-refractivity contribution in [2.24, 2.45) is 5.41 Å². The van der Waals surface area contributed by atoms with Crippen LogP contribution in [0.1, 0.15) is 45.6 Å². The fourth-order valence-electron chi connectivity index (χ4n) is 5.30. The smallest absolute Gasteiger partial charge is 0.243 e. The maximum Gasteiger partial charge on any atom is 0.243 e. The summed E-state index contributed by atoms with van der Waals surface area (Å²) in [6, 6.07) is 12.8. The van der Waals surface area contributed by atoms with Crippen molar-refractivity contribution in [1.82, 2.24) is 9.29 Å². The van der Waals surface area contributed by atoms with Crippen LogP contribution in [-0.2, 0) is 24.9 Å². The number of ether oxygens (including phenoxy) is 3. The topological polar surface area (TPSA) is 78.0 Å². The fraction of sp³-hybridized carbons (Fsp3) is 0.519. The molecule has 2 aromatic rings. The largest absolute Gasteiger partial charge is 0.477 e. The summed E-state index contributed by atoms with van der Waals surface area (Å²) in [5.74, 6) is -0.0583. The third-order valence-electron chi connectivity index (χ3n) is 7.45. The fourth-order valence-corrected chi connectivity index (χ4v) is 6.76. The normalized spacial score (nSPS) is 24.7. The highest BCUT2D eigenvalue weighted by Crippen LogP contribution is 2.50. The van der Waals surface area contributed by atoms with E-state index in [9.17, 15) is 8.42 Å². The van der Waals surface area contributed by atoms with Gasteiger partial charge in [-0.2, -0.15) is 4.31 Å². The molecule has 188 valence electrons. The SMILES string of the molecule is CC(C)(C)c1ccc(S(=O)(=O)N2CC=C3CC4(CCC3(COc3ccccn3)C2)OCCO4)cc1. The Bertz CT molecular complexity index is 1180. The molecule has 0 bridgehead atoms. The third kappa shape index (κ3) is 4.77. The lowest BCUT2D eigenvalue weighted by atomic mass is 9.67. The molecule has 0 N–H and O–H groups in total. The van der Waals surface area contributed by atoms with Crippen LogP contribution >= 0.6 is 0 Å². The number of hydrogen-bond acceptors (Lipinski definition) is 6. The van der Waals surface area contributed by atoms with Gasteiger partial charge in [0.2, 0.25) is 15.9 Å². The van der Waals surface area contributed by atoms with Gasteiger partial charge in [0, 0.05) is 43.6 Å². The number of pyridine rings is 1. The van der Waals surface area contributed by atoms with Crippen LogP contribution in [0.2, 0.25) is 0 Å². The van der Waals surface area contributed by atoms with Crippen LogP contribution in [-0.4, -0.2) is 56.4 Å². The maximum absolute atomic E-state index is 13.7. The van der Waals surface area contributed by atoms with Crippen LogP contribution in [0.15, 0.2) is 65.2 Å². The molecule has 1 spiro atoms. The van der Waals surface area contributed by atoms with Crippen LogP contribution in [0.25, 0.3) is 0 Å². The molecule has 1 aromatic carbocycles. The van der Waals surface area contributed by atoms with Crippen molar-refractivity contribution >= 4 is 10.0 Å².